The van der Waals surface area contributed by atoms with Gasteiger partial charge < -0.3 is 4.90 Å². The van der Waals surface area contributed by atoms with Crippen molar-refractivity contribution in [2.75, 3.05) is 19.0 Å². The van der Waals surface area contributed by atoms with Crippen LogP contribution in [0.5, 0.6) is 0 Å². The van der Waals surface area contributed by atoms with Crippen LogP contribution in [-0.2, 0) is 0 Å². The number of halogens is 1. The molecule has 4 aromatic rings. The lowest BCUT2D eigenvalue weighted by Gasteiger charge is -2.14. The number of nitrogens with zero attached hydrogens (tertiary/aromatic N) is 4. The number of pyridine rings is 1. The number of thiophene rings is 1. The average Bonchev–Trinajstić information content (AvgIpc) is 2.94. The third kappa shape index (κ3) is 2.58. The Kier molecular flexibility index (Phi) is 3.74. The molecule has 4 rings (SSSR count). The van der Waals surface area contributed by atoms with Gasteiger partial charge in [-0.25, -0.2) is 9.97 Å². The summed E-state index contributed by atoms with van der Waals surface area (Å²) < 4.78 is 2.14. The molecule has 0 aliphatic rings. The monoisotopic (exact) mass is 370 g/mol. The summed E-state index contributed by atoms with van der Waals surface area (Å²) >= 11 is 7.32. The Labute approximate surface area is 153 Å². The van der Waals surface area contributed by atoms with Crippen molar-refractivity contribution in [2.45, 2.75) is 6.92 Å². The molecular weight excluding hydrogens is 356 g/mol. The molecule has 7 heteroatoms. The van der Waals surface area contributed by atoms with Gasteiger partial charge in [-0.1, -0.05) is 11.6 Å². The molecule has 0 aliphatic carbocycles. The zero-order valence-corrected chi connectivity index (χ0v) is 15.5. The van der Waals surface area contributed by atoms with Crippen molar-refractivity contribution in [3.8, 4) is 5.69 Å². The molecule has 126 valence electrons. The summed E-state index contributed by atoms with van der Waals surface area (Å²) in [5, 5.41) is 1.55. The van der Waals surface area contributed by atoms with E-state index in [4.69, 9.17) is 11.6 Å². The Bertz CT molecular complexity index is 1160. The normalized spacial score (nSPS) is 11.4. The van der Waals surface area contributed by atoms with Crippen molar-refractivity contribution in [1.82, 2.24) is 14.5 Å². The number of rotatable bonds is 2. The molecule has 0 fully saturated rings. The Morgan fingerprint density at radius 1 is 1.20 bits per heavy atom. The molecule has 25 heavy (non-hydrogen) atoms. The average molecular weight is 371 g/mol. The van der Waals surface area contributed by atoms with E-state index in [2.05, 4.69) is 9.97 Å². The highest BCUT2D eigenvalue weighted by atomic mass is 35.5. The van der Waals surface area contributed by atoms with Crippen molar-refractivity contribution in [2.24, 2.45) is 0 Å². The largest absolute Gasteiger partial charge is 0.377 e. The first-order chi connectivity index (χ1) is 12.0. The van der Waals surface area contributed by atoms with Gasteiger partial charge in [0.1, 0.15) is 21.4 Å². The van der Waals surface area contributed by atoms with Gasteiger partial charge in [-0.3, -0.25) is 9.36 Å². The smallest absolute Gasteiger partial charge is 0.275 e. The zero-order chi connectivity index (χ0) is 17.7. The molecule has 5 nitrogen and oxygen atoms in total. The lowest BCUT2D eigenvalue weighted by atomic mass is 10.2. The fraction of sp³-hybridized carbons (Fsp3) is 0.167. The van der Waals surface area contributed by atoms with Crippen molar-refractivity contribution >= 4 is 49.1 Å². The second-order valence-corrected chi connectivity index (χ2v) is 7.47. The second-order valence-electron chi connectivity index (χ2n) is 6.03. The maximum absolute atomic E-state index is 13.0. The summed E-state index contributed by atoms with van der Waals surface area (Å²) in [4.78, 5) is 25.0. The van der Waals surface area contributed by atoms with Crippen molar-refractivity contribution < 1.29 is 0 Å². The van der Waals surface area contributed by atoms with E-state index in [9.17, 15) is 4.79 Å². The van der Waals surface area contributed by atoms with Crippen molar-refractivity contribution in [3.63, 3.8) is 0 Å². The Morgan fingerprint density at radius 2 is 1.92 bits per heavy atom. The van der Waals surface area contributed by atoms with E-state index >= 15 is 0 Å². The number of benzene rings is 1. The first kappa shape index (κ1) is 16.1. The number of anilines is 1. The predicted molar refractivity (Wildman–Crippen MR) is 105 cm³/mol. The summed E-state index contributed by atoms with van der Waals surface area (Å²) in [6.07, 6.45) is 1.57. The van der Waals surface area contributed by atoms with Crippen LogP contribution in [0.15, 0.2) is 41.5 Å². The minimum absolute atomic E-state index is 0.0994. The maximum Gasteiger partial charge on any atom is 0.275 e. The quantitative estimate of drug-likeness (QED) is 0.534. The summed E-state index contributed by atoms with van der Waals surface area (Å²) in [6.45, 7) is 1.95. The highest BCUT2D eigenvalue weighted by Crippen LogP contribution is 2.36. The molecule has 0 N–H and O–H groups in total. The van der Waals surface area contributed by atoms with Crippen LogP contribution in [0, 0.1) is 6.92 Å². The molecule has 0 saturated heterocycles. The minimum Gasteiger partial charge on any atom is -0.377 e. The van der Waals surface area contributed by atoms with Crippen LogP contribution in [0.2, 0.25) is 5.02 Å². The van der Waals surface area contributed by atoms with Gasteiger partial charge in [0.15, 0.2) is 0 Å². The molecule has 1 aromatic carbocycles. The van der Waals surface area contributed by atoms with Crippen LogP contribution in [0.3, 0.4) is 0 Å². The number of hydrogen-bond acceptors (Lipinski definition) is 5. The van der Waals surface area contributed by atoms with Crippen LogP contribution in [0.4, 0.5) is 5.69 Å². The predicted octanol–water partition coefficient (Wildman–Crippen LogP) is 4.02. The third-order valence-corrected chi connectivity index (χ3v) is 5.36. The van der Waals surface area contributed by atoms with E-state index in [1.165, 1.54) is 15.9 Å². The van der Waals surface area contributed by atoms with E-state index in [1.807, 2.05) is 32.0 Å². The Balaban J connectivity index is 2.05. The second kappa shape index (κ2) is 5.82. The van der Waals surface area contributed by atoms with Crippen molar-refractivity contribution in [3.05, 3.63) is 57.7 Å². The van der Waals surface area contributed by atoms with Crippen LogP contribution in [0.25, 0.3) is 26.1 Å². The summed E-state index contributed by atoms with van der Waals surface area (Å²) in [5.41, 5.74) is 3.27. The highest BCUT2D eigenvalue weighted by molar-refractivity contribution is 7.25. The summed E-state index contributed by atoms with van der Waals surface area (Å²) in [5.74, 6) is 0. The van der Waals surface area contributed by atoms with E-state index in [0.29, 0.717) is 15.2 Å². The van der Waals surface area contributed by atoms with Crippen LogP contribution >= 0.6 is 22.9 Å². The zero-order valence-electron chi connectivity index (χ0n) is 13.9. The van der Waals surface area contributed by atoms with E-state index in [0.717, 1.165) is 27.3 Å². The first-order valence-corrected chi connectivity index (χ1v) is 8.90. The topological polar surface area (TPSA) is 51.0 Å². The molecule has 0 aliphatic heterocycles. The van der Waals surface area contributed by atoms with Gasteiger partial charge >= 0.3 is 0 Å². The molecule has 0 bridgehead atoms. The number of aromatic nitrogens is 3. The molecule has 0 amide bonds. The standard InChI is InChI=1S/C18H15ClN4OS/c1-10-8-13(22(2)3)14-15-16(25-17(14)21-10)18(24)23(9-20-15)12-6-4-11(19)5-7-12/h4-9H,1-3H3. The van der Waals surface area contributed by atoms with Crippen LogP contribution in [0.1, 0.15) is 5.69 Å². The maximum atomic E-state index is 13.0. The SMILES string of the molecule is Cc1cc(N(C)C)c2c(n1)sc1c(=O)n(-c3ccc(Cl)cc3)cnc12. The van der Waals surface area contributed by atoms with Gasteiger partial charge in [0.2, 0.25) is 0 Å². The number of aryl methyl sites for hydroxylation is 1. The van der Waals surface area contributed by atoms with Crippen molar-refractivity contribution in [1.29, 1.82) is 0 Å². The van der Waals surface area contributed by atoms with Gasteiger partial charge in [-0.05, 0) is 37.3 Å². The molecule has 3 aromatic heterocycles. The molecule has 3 heterocycles. The third-order valence-electron chi connectivity index (χ3n) is 4.05. The number of hydrogen-bond donors (Lipinski definition) is 0. The van der Waals surface area contributed by atoms with Gasteiger partial charge in [0.25, 0.3) is 5.56 Å². The summed E-state index contributed by atoms with van der Waals surface area (Å²) in [7, 11) is 3.96. The fourth-order valence-corrected chi connectivity index (χ4v) is 4.12. The fourth-order valence-electron chi connectivity index (χ4n) is 2.87. The Morgan fingerprint density at radius 3 is 2.60 bits per heavy atom. The molecule has 0 saturated carbocycles. The molecule has 0 radical (unpaired) electrons. The molecule has 0 spiro atoms. The minimum atomic E-state index is -0.0994. The van der Waals surface area contributed by atoms with Crippen LogP contribution < -0.4 is 10.5 Å². The van der Waals surface area contributed by atoms with E-state index in [-0.39, 0.29) is 5.56 Å². The van der Waals surface area contributed by atoms with Gasteiger partial charge in [0, 0.05) is 24.8 Å². The first-order valence-electron chi connectivity index (χ1n) is 7.70. The van der Waals surface area contributed by atoms with Gasteiger partial charge in [-0.2, -0.15) is 0 Å². The lowest BCUT2D eigenvalue weighted by molar-refractivity contribution is 0.967. The Hall–Kier alpha value is -2.44. The van der Waals surface area contributed by atoms with E-state index in [1.54, 1.807) is 30.6 Å². The van der Waals surface area contributed by atoms with Gasteiger partial charge in [-0.15, -0.1) is 11.3 Å². The lowest BCUT2D eigenvalue weighted by Crippen LogP contribution is -2.17. The highest BCUT2D eigenvalue weighted by Gasteiger charge is 2.17. The molecular formula is C18H15ClN4OS. The summed E-state index contributed by atoms with van der Waals surface area (Å²) in [6, 6.07) is 9.14. The van der Waals surface area contributed by atoms with Crippen LogP contribution in [-0.4, -0.2) is 28.6 Å². The van der Waals surface area contributed by atoms with Gasteiger partial charge in [0.05, 0.1) is 16.8 Å². The molecule has 0 unspecified atom stereocenters. The molecule has 0 atom stereocenters. The van der Waals surface area contributed by atoms with E-state index < -0.39 is 0 Å². The number of fused-ring (bicyclic) bond motifs is 3.